The molecule has 0 saturated carbocycles. The van der Waals surface area contributed by atoms with Crippen molar-refractivity contribution >= 4 is 5.82 Å². The summed E-state index contributed by atoms with van der Waals surface area (Å²) >= 11 is 0. The number of aryl methyl sites for hydroxylation is 1. The van der Waals surface area contributed by atoms with Gasteiger partial charge in [0.05, 0.1) is 18.1 Å². The van der Waals surface area contributed by atoms with Crippen LogP contribution in [0.3, 0.4) is 0 Å². The van der Waals surface area contributed by atoms with Gasteiger partial charge in [0.1, 0.15) is 5.82 Å². The van der Waals surface area contributed by atoms with E-state index in [1.54, 1.807) is 0 Å². The number of rotatable bonds is 7. The third-order valence-electron chi connectivity index (χ3n) is 4.12. The number of likely N-dealkylation sites (tertiary alicyclic amines) is 1. The van der Waals surface area contributed by atoms with Gasteiger partial charge >= 0.3 is 0 Å². The van der Waals surface area contributed by atoms with E-state index in [0.29, 0.717) is 18.8 Å². The van der Waals surface area contributed by atoms with Gasteiger partial charge in [-0.1, -0.05) is 6.07 Å². The first kappa shape index (κ1) is 16.3. The van der Waals surface area contributed by atoms with Crippen molar-refractivity contribution in [3.8, 4) is 12.1 Å². The first-order chi connectivity index (χ1) is 10.7. The Kier molecular flexibility index (Phi) is 6.18. The lowest BCUT2D eigenvalue weighted by atomic mass is 10.1. The molecule has 1 aliphatic rings. The van der Waals surface area contributed by atoms with Crippen LogP contribution in [0.5, 0.6) is 0 Å². The van der Waals surface area contributed by atoms with Gasteiger partial charge < -0.3 is 10.2 Å². The quantitative estimate of drug-likeness (QED) is 0.837. The molecule has 0 aromatic carbocycles. The maximum Gasteiger partial charge on any atom is 0.125 e. The van der Waals surface area contributed by atoms with Crippen LogP contribution < -0.4 is 5.32 Å². The fraction of sp³-hybridized carbons (Fsp3) is 0.588. The third kappa shape index (κ3) is 5.02. The van der Waals surface area contributed by atoms with E-state index < -0.39 is 0 Å². The standard InChI is InChI=1S/C17H23N5/c1-14-4-5-17(20-10-14)21-11-16-6-8-22(13-16)12-15(9-19)3-2-7-18/h4-5,10,15-16H,2-3,6,8,11-13H2,1H3,(H,20,21)/t15-,16+/m0/s1. The van der Waals surface area contributed by atoms with Crippen molar-refractivity contribution in [2.75, 3.05) is 31.5 Å². The zero-order valence-corrected chi connectivity index (χ0v) is 13.1. The Morgan fingerprint density at radius 2 is 2.32 bits per heavy atom. The zero-order chi connectivity index (χ0) is 15.8. The van der Waals surface area contributed by atoms with E-state index in [0.717, 1.165) is 44.0 Å². The Labute approximate surface area is 132 Å². The van der Waals surface area contributed by atoms with Gasteiger partial charge in [-0.2, -0.15) is 10.5 Å². The van der Waals surface area contributed by atoms with Gasteiger partial charge in [0.15, 0.2) is 0 Å². The lowest BCUT2D eigenvalue weighted by Gasteiger charge is -2.19. The molecule has 0 radical (unpaired) electrons. The molecule has 1 aliphatic heterocycles. The smallest absolute Gasteiger partial charge is 0.125 e. The number of nitrogens with one attached hydrogen (secondary N) is 1. The minimum atomic E-state index is -0.0230. The van der Waals surface area contributed by atoms with Crippen molar-refractivity contribution in [3.63, 3.8) is 0 Å². The zero-order valence-electron chi connectivity index (χ0n) is 13.1. The summed E-state index contributed by atoms with van der Waals surface area (Å²) in [5.74, 6) is 1.50. The molecule has 0 aliphatic carbocycles. The number of anilines is 1. The van der Waals surface area contributed by atoms with Crippen LogP contribution in [0.4, 0.5) is 5.82 Å². The average molecular weight is 297 g/mol. The first-order valence-corrected chi connectivity index (χ1v) is 7.86. The normalized spacial score (nSPS) is 19.3. The molecule has 1 aromatic rings. The number of aromatic nitrogens is 1. The second-order valence-electron chi connectivity index (χ2n) is 6.04. The topological polar surface area (TPSA) is 75.7 Å². The minimum Gasteiger partial charge on any atom is -0.370 e. The molecule has 22 heavy (non-hydrogen) atoms. The highest BCUT2D eigenvalue weighted by atomic mass is 15.2. The van der Waals surface area contributed by atoms with Crippen LogP contribution in [0.1, 0.15) is 24.8 Å². The van der Waals surface area contributed by atoms with E-state index in [1.165, 1.54) is 0 Å². The van der Waals surface area contributed by atoms with Crippen molar-refractivity contribution < 1.29 is 0 Å². The Bertz CT molecular complexity index is 540. The molecule has 2 atom stereocenters. The highest BCUT2D eigenvalue weighted by Crippen LogP contribution is 2.19. The summed E-state index contributed by atoms with van der Waals surface area (Å²) in [6.45, 7) is 5.80. The predicted octanol–water partition coefficient (Wildman–Crippen LogP) is 2.57. The molecule has 0 unspecified atom stereocenters. The van der Waals surface area contributed by atoms with Gasteiger partial charge in [-0.15, -0.1) is 0 Å². The van der Waals surface area contributed by atoms with E-state index in [-0.39, 0.29) is 5.92 Å². The van der Waals surface area contributed by atoms with Crippen LogP contribution in [0.2, 0.25) is 0 Å². The van der Waals surface area contributed by atoms with Crippen LogP contribution in [0.25, 0.3) is 0 Å². The summed E-state index contributed by atoms with van der Waals surface area (Å²) in [5, 5.41) is 21.2. The van der Waals surface area contributed by atoms with Gasteiger partial charge in [0.2, 0.25) is 0 Å². The molecule has 1 N–H and O–H groups in total. The van der Waals surface area contributed by atoms with Gasteiger partial charge in [-0.3, -0.25) is 0 Å². The molecule has 1 saturated heterocycles. The van der Waals surface area contributed by atoms with Crippen molar-refractivity contribution in [2.24, 2.45) is 11.8 Å². The van der Waals surface area contributed by atoms with Gasteiger partial charge in [0.25, 0.3) is 0 Å². The maximum absolute atomic E-state index is 9.15. The lowest BCUT2D eigenvalue weighted by molar-refractivity contribution is 0.290. The summed E-state index contributed by atoms with van der Waals surface area (Å²) in [7, 11) is 0. The van der Waals surface area contributed by atoms with Crippen LogP contribution in [-0.2, 0) is 0 Å². The SMILES string of the molecule is Cc1ccc(NC[C@H]2CCN(C[C@H](C#N)CCC#N)C2)nc1. The summed E-state index contributed by atoms with van der Waals surface area (Å²) in [4.78, 5) is 6.70. The summed E-state index contributed by atoms with van der Waals surface area (Å²) in [6.07, 6.45) is 4.17. The second kappa shape index (κ2) is 8.36. The Morgan fingerprint density at radius 3 is 3.00 bits per heavy atom. The first-order valence-electron chi connectivity index (χ1n) is 7.86. The number of nitriles is 2. The number of nitrogens with zero attached hydrogens (tertiary/aromatic N) is 4. The van der Waals surface area contributed by atoms with Crippen LogP contribution in [-0.4, -0.2) is 36.1 Å². The molecule has 1 fully saturated rings. The van der Waals surface area contributed by atoms with Crippen molar-refractivity contribution in [1.82, 2.24) is 9.88 Å². The largest absolute Gasteiger partial charge is 0.370 e. The highest BCUT2D eigenvalue weighted by molar-refractivity contribution is 5.35. The lowest BCUT2D eigenvalue weighted by Crippen LogP contribution is -2.28. The fourth-order valence-electron chi connectivity index (χ4n) is 2.81. The number of hydrogen-bond acceptors (Lipinski definition) is 5. The highest BCUT2D eigenvalue weighted by Gasteiger charge is 2.24. The van der Waals surface area contributed by atoms with Crippen molar-refractivity contribution in [3.05, 3.63) is 23.9 Å². The van der Waals surface area contributed by atoms with Crippen LogP contribution in [0.15, 0.2) is 18.3 Å². The molecule has 0 bridgehead atoms. The van der Waals surface area contributed by atoms with Gasteiger partial charge in [0, 0.05) is 32.3 Å². The van der Waals surface area contributed by atoms with E-state index in [4.69, 9.17) is 10.5 Å². The van der Waals surface area contributed by atoms with Gasteiger partial charge in [-0.25, -0.2) is 4.98 Å². The van der Waals surface area contributed by atoms with E-state index in [2.05, 4.69) is 33.4 Å². The van der Waals surface area contributed by atoms with Crippen molar-refractivity contribution in [2.45, 2.75) is 26.2 Å². The van der Waals surface area contributed by atoms with E-state index >= 15 is 0 Å². The average Bonchev–Trinajstić information content (AvgIpc) is 2.98. The maximum atomic E-state index is 9.15. The Hall–Kier alpha value is -2.11. The molecule has 5 nitrogen and oxygen atoms in total. The Balaban J connectivity index is 1.72. The van der Waals surface area contributed by atoms with Crippen LogP contribution >= 0.6 is 0 Å². The molecule has 2 heterocycles. The van der Waals surface area contributed by atoms with Crippen LogP contribution in [0, 0.1) is 41.4 Å². The van der Waals surface area contributed by atoms with E-state index in [1.807, 2.05) is 19.2 Å². The summed E-state index contributed by atoms with van der Waals surface area (Å²) < 4.78 is 0. The number of pyridine rings is 1. The minimum absolute atomic E-state index is 0.0230. The molecule has 0 spiro atoms. The summed E-state index contributed by atoms with van der Waals surface area (Å²) in [5.41, 5.74) is 1.16. The molecule has 5 heteroatoms. The fourth-order valence-corrected chi connectivity index (χ4v) is 2.81. The predicted molar refractivity (Wildman–Crippen MR) is 86.0 cm³/mol. The molecule has 1 aromatic heterocycles. The Morgan fingerprint density at radius 1 is 1.45 bits per heavy atom. The molecular formula is C17H23N5. The van der Waals surface area contributed by atoms with E-state index in [9.17, 15) is 0 Å². The number of hydrogen-bond donors (Lipinski definition) is 1. The molecule has 0 amide bonds. The monoisotopic (exact) mass is 297 g/mol. The molecule has 2 rings (SSSR count). The second-order valence-corrected chi connectivity index (χ2v) is 6.04. The third-order valence-corrected chi connectivity index (χ3v) is 4.12. The molecular weight excluding hydrogens is 274 g/mol. The van der Waals surface area contributed by atoms with Gasteiger partial charge in [-0.05, 0) is 43.9 Å². The summed E-state index contributed by atoms with van der Waals surface area (Å²) in [6, 6.07) is 8.51. The van der Waals surface area contributed by atoms with Crippen molar-refractivity contribution in [1.29, 1.82) is 10.5 Å². The molecule has 116 valence electrons.